The van der Waals surface area contributed by atoms with Crippen molar-refractivity contribution in [3.05, 3.63) is 48.4 Å². The first kappa shape index (κ1) is 14.0. The molecule has 2 aromatic rings. The number of hydrogen-bond donors (Lipinski definition) is 2. The van der Waals surface area contributed by atoms with Crippen LogP contribution >= 0.6 is 0 Å². The number of amides is 1. The van der Waals surface area contributed by atoms with E-state index in [4.69, 9.17) is 4.42 Å². The van der Waals surface area contributed by atoms with E-state index in [9.17, 15) is 4.79 Å². The van der Waals surface area contributed by atoms with Crippen LogP contribution < -0.4 is 15.5 Å². The maximum atomic E-state index is 11.7. The minimum atomic E-state index is -0.0712. The van der Waals surface area contributed by atoms with Crippen LogP contribution in [-0.2, 0) is 11.3 Å². The summed E-state index contributed by atoms with van der Waals surface area (Å²) in [4.78, 5) is 13.7. The summed E-state index contributed by atoms with van der Waals surface area (Å²) >= 11 is 0. The Morgan fingerprint density at radius 3 is 2.55 bits per heavy atom. The highest BCUT2D eigenvalue weighted by Gasteiger charge is 2.03. The van der Waals surface area contributed by atoms with Gasteiger partial charge in [-0.3, -0.25) is 4.79 Å². The molecular formula is C15H19N3O2. The number of nitrogens with zero attached hydrogens (tertiary/aromatic N) is 1. The highest BCUT2D eigenvalue weighted by Crippen LogP contribution is 2.15. The third-order valence-electron chi connectivity index (χ3n) is 2.88. The number of carbonyl (C=O) groups excluding carboxylic acids is 1. The highest BCUT2D eigenvalue weighted by molar-refractivity contribution is 5.80. The second-order valence-corrected chi connectivity index (χ2v) is 4.65. The van der Waals surface area contributed by atoms with Gasteiger partial charge < -0.3 is 20.0 Å². The monoisotopic (exact) mass is 273 g/mol. The first-order chi connectivity index (χ1) is 9.65. The molecule has 0 radical (unpaired) electrons. The second kappa shape index (κ2) is 6.65. The third kappa shape index (κ3) is 4.05. The lowest BCUT2D eigenvalue weighted by molar-refractivity contribution is -0.119. The van der Waals surface area contributed by atoms with Crippen LogP contribution in [-0.4, -0.2) is 26.5 Å². The van der Waals surface area contributed by atoms with E-state index in [0.717, 1.165) is 17.1 Å². The van der Waals surface area contributed by atoms with Gasteiger partial charge in [-0.1, -0.05) is 0 Å². The number of rotatable bonds is 6. The quantitative estimate of drug-likeness (QED) is 0.846. The molecule has 2 rings (SSSR count). The van der Waals surface area contributed by atoms with E-state index < -0.39 is 0 Å². The summed E-state index contributed by atoms with van der Waals surface area (Å²) in [5, 5.41) is 5.86. The van der Waals surface area contributed by atoms with Crippen molar-refractivity contribution in [1.29, 1.82) is 0 Å². The molecule has 0 aliphatic carbocycles. The van der Waals surface area contributed by atoms with Crippen LogP contribution in [0.1, 0.15) is 5.76 Å². The summed E-state index contributed by atoms with van der Waals surface area (Å²) in [6.07, 6.45) is 1.59. The molecule has 2 N–H and O–H groups in total. The van der Waals surface area contributed by atoms with Crippen LogP contribution in [0.15, 0.2) is 47.1 Å². The molecule has 0 aliphatic heterocycles. The minimum absolute atomic E-state index is 0.0712. The van der Waals surface area contributed by atoms with Crippen LogP contribution in [0.25, 0.3) is 0 Å². The summed E-state index contributed by atoms with van der Waals surface area (Å²) in [6.45, 7) is 0.648. The van der Waals surface area contributed by atoms with Crippen molar-refractivity contribution in [2.45, 2.75) is 6.54 Å². The van der Waals surface area contributed by atoms with Crippen molar-refractivity contribution >= 4 is 17.3 Å². The van der Waals surface area contributed by atoms with Crippen LogP contribution in [0.3, 0.4) is 0 Å². The van der Waals surface area contributed by atoms with Crippen molar-refractivity contribution in [3.63, 3.8) is 0 Å². The van der Waals surface area contributed by atoms with Crippen molar-refractivity contribution in [2.24, 2.45) is 0 Å². The number of hydrogen-bond acceptors (Lipinski definition) is 4. The minimum Gasteiger partial charge on any atom is -0.467 e. The fourth-order valence-electron chi connectivity index (χ4n) is 1.72. The summed E-state index contributed by atoms with van der Waals surface area (Å²) < 4.78 is 5.14. The summed E-state index contributed by atoms with van der Waals surface area (Å²) in [5.41, 5.74) is 2.04. The molecule has 1 aromatic carbocycles. The van der Waals surface area contributed by atoms with E-state index >= 15 is 0 Å². The van der Waals surface area contributed by atoms with Gasteiger partial charge in [-0.15, -0.1) is 0 Å². The first-order valence-electron chi connectivity index (χ1n) is 6.45. The molecule has 0 bridgehead atoms. The van der Waals surface area contributed by atoms with Crippen molar-refractivity contribution in [3.8, 4) is 0 Å². The average molecular weight is 273 g/mol. The molecule has 0 saturated heterocycles. The lowest BCUT2D eigenvalue weighted by atomic mass is 10.2. The Bertz CT molecular complexity index is 533. The fourth-order valence-corrected chi connectivity index (χ4v) is 1.72. The zero-order valence-corrected chi connectivity index (χ0v) is 11.7. The summed E-state index contributed by atoms with van der Waals surface area (Å²) in [7, 11) is 3.98. The smallest absolute Gasteiger partial charge is 0.239 e. The van der Waals surface area contributed by atoms with Gasteiger partial charge in [0.1, 0.15) is 5.76 Å². The third-order valence-corrected chi connectivity index (χ3v) is 2.88. The Morgan fingerprint density at radius 1 is 1.20 bits per heavy atom. The molecule has 1 heterocycles. The number of nitrogens with one attached hydrogen (secondary N) is 2. The van der Waals surface area contributed by atoms with Crippen molar-refractivity contribution < 1.29 is 9.21 Å². The predicted octanol–water partition coefficient (Wildman–Crippen LogP) is 2.07. The van der Waals surface area contributed by atoms with E-state index in [2.05, 4.69) is 10.6 Å². The Morgan fingerprint density at radius 2 is 1.95 bits per heavy atom. The molecule has 0 atom stereocenters. The first-order valence-corrected chi connectivity index (χ1v) is 6.45. The van der Waals surface area contributed by atoms with Gasteiger partial charge in [0.25, 0.3) is 0 Å². The SMILES string of the molecule is CN(C)c1ccc(NCC(=O)NCc2ccco2)cc1. The van der Waals surface area contributed by atoms with Crippen LogP contribution in [0, 0.1) is 0 Å². The summed E-state index contributed by atoms with van der Waals surface area (Å²) in [6, 6.07) is 11.5. The maximum absolute atomic E-state index is 11.7. The molecule has 20 heavy (non-hydrogen) atoms. The molecule has 1 aromatic heterocycles. The van der Waals surface area contributed by atoms with Gasteiger partial charge in [-0.25, -0.2) is 0 Å². The van der Waals surface area contributed by atoms with Gasteiger partial charge in [0.2, 0.25) is 5.91 Å². The highest BCUT2D eigenvalue weighted by atomic mass is 16.3. The molecule has 1 amide bonds. The lowest BCUT2D eigenvalue weighted by Crippen LogP contribution is -2.29. The molecular weight excluding hydrogens is 254 g/mol. The van der Waals surface area contributed by atoms with Crippen molar-refractivity contribution in [2.75, 3.05) is 30.9 Å². The standard InChI is InChI=1S/C15H19N3O2/c1-18(2)13-7-5-12(6-8-13)16-11-15(19)17-10-14-4-3-9-20-14/h3-9,16H,10-11H2,1-2H3,(H,17,19). The van der Waals surface area contributed by atoms with Crippen LogP contribution in [0.5, 0.6) is 0 Å². The summed E-state index contributed by atoms with van der Waals surface area (Å²) in [5.74, 6) is 0.673. The second-order valence-electron chi connectivity index (χ2n) is 4.65. The lowest BCUT2D eigenvalue weighted by Gasteiger charge is -2.13. The van der Waals surface area contributed by atoms with Gasteiger partial charge in [0.15, 0.2) is 0 Å². The van der Waals surface area contributed by atoms with Gasteiger partial charge in [0, 0.05) is 25.5 Å². The Kier molecular flexibility index (Phi) is 4.65. The molecule has 0 saturated carbocycles. The van der Waals surface area contributed by atoms with Crippen LogP contribution in [0.2, 0.25) is 0 Å². The van der Waals surface area contributed by atoms with Gasteiger partial charge in [-0.05, 0) is 36.4 Å². The molecule has 5 nitrogen and oxygen atoms in total. The van der Waals surface area contributed by atoms with E-state index in [0.29, 0.717) is 6.54 Å². The van der Waals surface area contributed by atoms with Gasteiger partial charge >= 0.3 is 0 Å². The topological polar surface area (TPSA) is 57.5 Å². The fraction of sp³-hybridized carbons (Fsp3) is 0.267. The Balaban J connectivity index is 1.75. The molecule has 0 fully saturated rings. The molecule has 0 spiro atoms. The molecule has 0 unspecified atom stereocenters. The zero-order valence-electron chi connectivity index (χ0n) is 11.7. The Hall–Kier alpha value is -2.43. The molecule has 0 aliphatic rings. The predicted molar refractivity (Wildman–Crippen MR) is 79.8 cm³/mol. The Labute approximate surface area is 118 Å². The molecule has 106 valence electrons. The van der Waals surface area contributed by atoms with E-state index in [1.165, 1.54) is 0 Å². The van der Waals surface area contributed by atoms with Gasteiger partial charge in [0.05, 0.1) is 19.4 Å². The largest absolute Gasteiger partial charge is 0.467 e. The maximum Gasteiger partial charge on any atom is 0.239 e. The van der Waals surface area contributed by atoms with E-state index in [1.807, 2.05) is 49.3 Å². The average Bonchev–Trinajstić information content (AvgIpc) is 2.96. The van der Waals surface area contributed by atoms with Crippen molar-refractivity contribution in [1.82, 2.24) is 5.32 Å². The molecule has 5 heteroatoms. The zero-order chi connectivity index (χ0) is 14.4. The van der Waals surface area contributed by atoms with Crippen LogP contribution in [0.4, 0.5) is 11.4 Å². The number of furan rings is 1. The van der Waals surface area contributed by atoms with E-state index in [1.54, 1.807) is 12.3 Å². The number of carbonyl (C=O) groups is 1. The number of benzene rings is 1. The van der Waals surface area contributed by atoms with E-state index in [-0.39, 0.29) is 12.5 Å². The number of anilines is 2. The van der Waals surface area contributed by atoms with Gasteiger partial charge in [-0.2, -0.15) is 0 Å². The normalized spacial score (nSPS) is 10.1.